The van der Waals surface area contributed by atoms with Crippen molar-refractivity contribution in [3.05, 3.63) is 34.4 Å². The van der Waals surface area contributed by atoms with E-state index in [9.17, 15) is 19.7 Å². The molecule has 0 fully saturated rings. The smallest absolute Gasteiger partial charge is 0.311 e. The van der Waals surface area contributed by atoms with E-state index in [2.05, 4.69) is 6.92 Å². The summed E-state index contributed by atoms with van der Waals surface area (Å²) < 4.78 is 10.3. The summed E-state index contributed by atoms with van der Waals surface area (Å²) in [7, 11) is 0. The molecule has 0 saturated heterocycles. The van der Waals surface area contributed by atoms with Crippen LogP contribution in [0.4, 0.5) is 5.69 Å². The van der Waals surface area contributed by atoms with Crippen molar-refractivity contribution < 1.29 is 24.0 Å². The van der Waals surface area contributed by atoms with Gasteiger partial charge in [-0.15, -0.1) is 0 Å². The first kappa shape index (κ1) is 26.6. The maximum absolute atomic E-state index is 11.8. The summed E-state index contributed by atoms with van der Waals surface area (Å²) in [6.45, 7) is 2.66. The molecule has 0 aliphatic rings. The molecule has 0 atom stereocenters. The molecule has 0 bridgehead atoms. The Morgan fingerprint density at radius 2 is 1.42 bits per heavy atom. The van der Waals surface area contributed by atoms with Crippen LogP contribution in [0, 0.1) is 10.1 Å². The highest BCUT2D eigenvalue weighted by Crippen LogP contribution is 2.19. The van der Waals surface area contributed by atoms with E-state index in [1.807, 2.05) is 0 Å². The molecule has 0 radical (unpaired) electrons. The predicted molar refractivity (Wildman–Crippen MR) is 120 cm³/mol. The molecule has 1 aromatic rings. The molecule has 1 aromatic carbocycles. The number of benzene rings is 1. The van der Waals surface area contributed by atoms with Gasteiger partial charge in [-0.3, -0.25) is 19.7 Å². The summed E-state index contributed by atoms with van der Waals surface area (Å²) in [6, 6.07) is 5.45. The lowest BCUT2D eigenvalue weighted by Crippen LogP contribution is -2.10. The summed E-state index contributed by atoms with van der Waals surface area (Å²) in [6.07, 6.45) is 14.2. The topological polar surface area (TPSA) is 95.7 Å². The third-order valence-electron chi connectivity index (χ3n) is 5.03. The molecule has 174 valence electrons. The zero-order chi connectivity index (χ0) is 22.7. The SMILES string of the molecule is CCCCCCCCCCCCCOC(=O)CCCC(=O)Oc1cccc([N+](=O)[O-])c1. The first-order valence-corrected chi connectivity index (χ1v) is 11.6. The molecule has 0 aliphatic heterocycles. The first-order valence-electron chi connectivity index (χ1n) is 11.6. The molecular weight excluding hydrogens is 398 g/mol. The van der Waals surface area contributed by atoms with E-state index in [1.54, 1.807) is 0 Å². The van der Waals surface area contributed by atoms with Gasteiger partial charge in [0.15, 0.2) is 0 Å². The Kier molecular flexibility index (Phi) is 14.8. The Morgan fingerprint density at radius 1 is 0.839 bits per heavy atom. The number of nitro groups is 1. The van der Waals surface area contributed by atoms with Gasteiger partial charge in [-0.25, -0.2) is 0 Å². The third-order valence-corrected chi connectivity index (χ3v) is 5.03. The Balaban J connectivity index is 1.97. The number of nitro benzene ring substituents is 1. The van der Waals surface area contributed by atoms with Crippen LogP contribution in [-0.4, -0.2) is 23.5 Å². The number of unbranched alkanes of at least 4 members (excludes halogenated alkanes) is 10. The first-order chi connectivity index (χ1) is 15.0. The van der Waals surface area contributed by atoms with Crippen LogP contribution in [0.5, 0.6) is 5.75 Å². The molecule has 0 N–H and O–H groups in total. The van der Waals surface area contributed by atoms with Crippen molar-refractivity contribution in [1.29, 1.82) is 0 Å². The van der Waals surface area contributed by atoms with Crippen LogP contribution in [-0.2, 0) is 14.3 Å². The molecule has 1 rings (SSSR count). The van der Waals surface area contributed by atoms with E-state index < -0.39 is 10.9 Å². The zero-order valence-electron chi connectivity index (χ0n) is 18.8. The van der Waals surface area contributed by atoms with E-state index in [-0.39, 0.29) is 30.2 Å². The van der Waals surface area contributed by atoms with Gasteiger partial charge in [0.25, 0.3) is 5.69 Å². The minimum Gasteiger partial charge on any atom is -0.466 e. The van der Waals surface area contributed by atoms with Gasteiger partial charge in [0, 0.05) is 18.9 Å². The summed E-state index contributed by atoms with van der Waals surface area (Å²) in [5.41, 5.74) is -0.142. The molecule has 0 aromatic heterocycles. The Morgan fingerprint density at radius 3 is 2.03 bits per heavy atom. The predicted octanol–water partition coefficient (Wildman–Crippen LogP) is 6.52. The van der Waals surface area contributed by atoms with Crippen molar-refractivity contribution in [1.82, 2.24) is 0 Å². The molecule has 7 heteroatoms. The van der Waals surface area contributed by atoms with E-state index >= 15 is 0 Å². The van der Waals surface area contributed by atoms with Crippen molar-refractivity contribution in [2.24, 2.45) is 0 Å². The average molecular weight is 436 g/mol. The van der Waals surface area contributed by atoms with Crippen LogP contribution in [0.25, 0.3) is 0 Å². The van der Waals surface area contributed by atoms with Crippen molar-refractivity contribution >= 4 is 17.6 Å². The minimum absolute atomic E-state index is 0.0518. The number of esters is 2. The molecule has 7 nitrogen and oxygen atoms in total. The van der Waals surface area contributed by atoms with Crippen molar-refractivity contribution in [2.75, 3.05) is 6.61 Å². The normalized spacial score (nSPS) is 10.6. The fraction of sp³-hybridized carbons (Fsp3) is 0.667. The van der Waals surface area contributed by atoms with Crippen LogP contribution in [0.3, 0.4) is 0 Å². The number of carbonyl (C=O) groups excluding carboxylic acids is 2. The molecule has 0 spiro atoms. The lowest BCUT2D eigenvalue weighted by Gasteiger charge is -2.06. The number of ether oxygens (including phenoxy) is 2. The number of rotatable bonds is 18. The highest BCUT2D eigenvalue weighted by atomic mass is 16.6. The average Bonchev–Trinajstić information content (AvgIpc) is 2.74. The third kappa shape index (κ3) is 14.2. The maximum Gasteiger partial charge on any atom is 0.311 e. The second kappa shape index (κ2) is 17.3. The van der Waals surface area contributed by atoms with Gasteiger partial charge in [0.05, 0.1) is 17.6 Å². The fourth-order valence-corrected chi connectivity index (χ4v) is 3.24. The second-order valence-electron chi connectivity index (χ2n) is 7.84. The largest absolute Gasteiger partial charge is 0.466 e. The van der Waals surface area contributed by atoms with E-state index in [1.165, 1.54) is 82.1 Å². The standard InChI is InChI=1S/C24H37NO6/c1-2-3-4-5-6-7-8-9-10-11-12-19-30-23(26)17-14-18-24(27)31-22-16-13-15-21(20-22)25(28)29/h13,15-16,20H,2-12,14,17-19H2,1H3. The van der Waals surface area contributed by atoms with E-state index in [0.717, 1.165) is 12.8 Å². The van der Waals surface area contributed by atoms with Crippen LogP contribution in [0.1, 0.15) is 96.8 Å². The highest BCUT2D eigenvalue weighted by Gasteiger charge is 2.11. The number of carbonyl (C=O) groups is 2. The minimum atomic E-state index is -0.553. The molecule has 0 unspecified atom stereocenters. The van der Waals surface area contributed by atoms with Crippen molar-refractivity contribution in [2.45, 2.75) is 96.8 Å². The Hall–Kier alpha value is -2.44. The van der Waals surface area contributed by atoms with Gasteiger partial charge < -0.3 is 9.47 Å². The number of non-ortho nitro benzene ring substituents is 1. The van der Waals surface area contributed by atoms with E-state index in [0.29, 0.717) is 13.0 Å². The van der Waals surface area contributed by atoms with Crippen molar-refractivity contribution in [3.8, 4) is 5.75 Å². The van der Waals surface area contributed by atoms with Crippen LogP contribution in [0.15, 0.2) is 24.3 Å². The number of nitrogens with zero attached hydrogens (tertiary/aromatic N) is 1. The highest BCUT2D eigenvalue weighted by molar-refractivity contribution is 5.74. The van der Waals surface area contributed by atoms with Crippen LogP contribution >= 0.6 is 0 Å². The van der Waals surface area contributed by atoms with Crippen LogP contribution in [0.2, 0.25) is 0 Å². The van der Waals surface area contributed by atoms with E-state index in [4.69, 9.17) is 9.47 Å². The quantitative estimate of drug-likeness (QED) is 0.0855. The second-order valence-corrected chi connectivity index (χ2v) is 7.84. The summed E-state index contributed by atoms with van der Waals surface area (Å²) in [5, 5.41) is 10.7. The van der Waals surface area contributed by atoms with Gasteiger partial charge in [0.1, 0.15) is 5.75 Å². The molecular formula is C24H37NO6. The molecule has 0 aliphatic carbocycles. The lowest BCUT2D eigenvalue weighted by molar-refractivity contribution is -0.384. The summed E-state index contributed by atoms with van der Waals surface area (Å²) in [5.74, 6) is -0.716. The summed E-state index contributed by atoms with van der Waals surface area (Å²) in [4.78, 5) is 33.7. The monoisotopic (exact) mass is 435 g/mol. The summed E-state index contributed by atoms with van der Waals surface area (Å²) >= 11 is 0. The Bertz CT molecular complexity index is 661. The fourth-order valence-electron chi connectivity index (χ4n) is 3.24. The molecule has 0 heterocycles. The zero-order valence-corrected chi connectivity index (χ0v) is 18.8. The van der Waals surface area contributed by atoms with Gasteiger partial charge >= 0.3 is 11.9 Å². The van der Waals surface area contributed by atoms with Gasteiger partial charge in [-0.05, 0) is 18.9 Å². The lowest BCUT2D eigenvalue weighted by atomic mass is 10.1. The molecule has 0 saturated carbocycles. The molecule has 31 heavy (non-hydrogen) atoms. The van der Waals surface area contributed by atoms with Crippen molar-refractivity contribution in [3.63, 3.8) is 0 Å². The molecule has 0 amide bonds. The number of hydrogen-bond acceptors (Lipinski definition) is 6. The van der Waals surface area contributed by atoms with Gasteiger partial charge in [-0.2, -0.15) is 0 Å². The van der Waals surface area contributed by atoms with Crippen LogP contribution < -0.4 is 4.74 Å². The maximum atomic E-state index is 11.8. The van der Waals surface area contributed by atoms with Gasteiger partial charge in [-0.1, -0.05) is 77.2 Å². The Labute approximate surface area is 185 Å². The number of hydrogen-bond donors (Lipinski definition) is 0. The van der Waals surface area contributed by atoms with Gasteiger partial charge in [0.2, 0.25) is 0 Å².